The van der Waals surface area contributed by atoms with Crippen LogP contribution >= 0.6 is 15.9 Å². The van der Waals surface area contributed by atoms with Gasteiger partial charge in [0.2, 0.25) is 0 Å². The normalized spacial score (nSPS) is 11.0. The second-order valence-electron chi connectivity index (χ2n) is 5.55. The van der Waals surface area contributed by atoms with Crippen LogP contribution in [0.2, 0.25) is 0 Å². The van der Waals surface area contributed by atoms with Crippen LogP contribution in [0.3, 0.4) is 0 Å². The highest BCUT2D eigenvalue weighted by atomic mass is 79.9. The van der Waals surface area contributed by atoms with Crippen LogP contribution in [0.15, 0.2) is 82.2 Å². The van der Waals surface area contributed by atoms with Crippen LogP contribution in [0.4, 0.5) is 15.8 Å². The lowest BCUT2D eigenvalue weighted by molar-refractivity contribution is 0.102. The summed E-state index contributed by atoms with van der Waals surface area (Å²) in [5, 5.41) is 2.70. The molecule has 5 nitrogen and oxygen atoms in total. The van der Waals surface area contributed by atoms with Crippen LogP contribution in [0.1, 0.15) is 10.4 Å². The average Bonchev–Trinajstić information content (AvgIpc) is 2.65. The van der Waals surface area contributed by atoms with Gasteiger partial charge in [0.1, 0.15) is 5.82 Å². The Kier molecular flexibility index (Phi) is 5.57. The van der Waals surface area contributed by atoms with Gasteiger partial charge in [-0.1, -0.05) is 30.3 Å². The van der Waals surface area contributed by atoms with Gasteiger partial charge in [-0.2, -0.15) is 0 Å². The molecule has 0 atom stereocenters. The molecule has 0 bridgehead atoms. The minimum absolute atomic E-state index is 0.148. The zero-order valence-electron chi connectivity index (χ0n) is 13.8. The molecule has 0 saturated heterocycles. The van der Waals surface area contributed by atoms with Crippen molar-refractivity contribution in [3.05, 3.63) is 88.6 Å². The fourth-order valence-corrected chi connectivity index (χ4v) is 3.81. The van der Waals surface area contributed by atoms with Crippen LogP contribution in [0, 0.1) is 5.82 Å². The summed E-state index contributed by atoms with van der Waals surface area (Å²) >= 11 is 3.33. The Labute approximate surface area is 164 Å². The minimum atomic E-state index is -4.05. The van der Waals surface area contributed by atoms with Crippen LogP contribution in [0.5, 0.6) is 0 Å². The van der Waals surface area contributed by atoms with E-state index >= 15 is 0 Å². The molecule has 0 unspecified atom stereocenters. The predicted molar refractivity (Wildman–Crippen MR) is 106 cm³/mol. The average molecular weight is 449 g/mol. The first-order chi connectivity index (χ1) is 12.9. The van der Waals surface area contributed by atoms with Crippen molar-refractivity contribution < 1.29 is 17.6 Å². The number of para-hydroxylation sites is 2. The summed E-state index contributed by atoms with van der Waals surface area (Å²) in [5.74, 6) is -1.16. The van der Waals surface area contributed by atoms with Gasteiger partial charge in [-0.25, -0.2) is 12.8 Å². The molecule has 3 aromatic carbocycles. The number of halogens is 2. The molecule has 0 spiro atoms. The van der Waals surface area contributed by atoms with Crippen molar-refractivity contribution in [1.29, 1.82) is 0 Å². The number of anilines is 2. The standard InChI is InChI=1S/C19H14BrFN2O3S/c20-15-8-1-3-10-17(15)22-19(24)13-6-5-7-14(12-13)27(25,26)23-18-11-4-2-9-16(18)21/h1-12,23H,(H,22,24). The molecule has 0 aliphatic rings. The molecule has 0 saturated carbocycles. The Bertz CT molecular complexity index is 1100. The Morgan fingerprint density at radius 1 is 0.889 bits per heavy atom. The lowest BCUT2D eigenvalue weighted by atomic mass is 10.2. The van der Waals surface area contributed by atoms with E-state index in [1.54, 1.807) is 24.3 Å². The first-order valence-electron chi connectivity index (χ1n) is 7.80. The van der Waals surface area contributed by atoms with Crippen molar-refractivity contribution in [1.82, 2.24) is 0 Å². The topological polar surface area (TPSA) is 75.3 Å². The van der Waals surface area contributed by atoms with Crippen molar-refractivity contribution in [3.63, 3.8) is 0 Å². The van der Waals surface area contributed by atoms with Gasteiger partial charge in [-0.05, 0) is 58.4 Å². The second-order valence-corrected chi connectivity index (χ2v) is 8.08. The number of carbonyl (C=O) groups is 1. The number of hydrogen-bond donors (Lipinski definition) is 2. The van der Waals surface area contributed by atoms with Crippen molar-refractivity contribution in [2.75, 3.05) is 10.0 Å². The van der Waals surface area contributed by atoms with Crippen molar-refractivity contribution in [2.24, 2.45) is 0 Å². The number of sulfonamides is 1. The molecular formula is C19H14BrFN2O3S. The Hall–Kier alpha value is -2.71. The molecule has 3 rings (SSSR count). The summed E-state index contributed by atoms with van der Waals surface area (Å²) in [6, 6.07) is 18.0. The van der Waals surface area contributed by atoms with Gasteiger partial charge >= 0.3 is 0 Å². The molecule has 0 heterocycles. The molecule has 0 aromatic heterocycles. The van der Waals surface area contributed by atoms with E-state index in [0.29, 0.717) is 10.2 Å². The molecule has 0 fully saturated rings. The number of nitrogens with one attached hydrogen (secondary N) is 2. The van der Waals surface area contributed by atoms with Gasteiger partial charge in [0.25, 0.3) is 15.9 Å². The second kappa shape index (κ2) is 7.89. The summed E-state index contributed by atoms with van der Waals surface area (Å²) in [7, 11) is -4.05. The molecule has 8 heteroatoms. The molecule has 1 amide bonds. The third-order valence-corrected chi connectivity index (χ3v) is 5.70. The van der Waals surface area contributed by atoms with E-state index in [1.165, 1.54) is 42.5 Å². The first kappa shape index (κ1) is 19.1. The molecule has 27 heavy (non-hydrogen) atoms. The van der Waals surface area contributed by atoms with E-state index in [-0.39, 0.29) is 16.1 Å². The van der Waals surface area contributed by atoms with Crippen LogP contribution in [0.25, 0.3) is 0 Å². The summed E-state index contributed by atoms with van der Waals surface area (Å²) in [6.45, 7) is 0. The van der Waals surface area contributed by atoms with E-state index in [2.05, 4.69) is 26.0 Å². The number of amides is 1. The summed E-state index contributed by atoms with van der Waals surface area (Å²) in [6.07, 6.45) is 0. The van der Waals surface area contributed by atoms with Gasteiger partial charge in [0, 0.05) is 10.0 Å². The smallest absolute Gasteiger partial charge is 0.262 e. The molecular weight excluding hydrogens is 435 g/mol. The highest BCUT2D eigenvalue weighted by Crippen LogP contribution is 2.23. The highest BCUT2D eigenvalue weighted by molar-refractivity contribution is 9.10. The predicted octanol–water partition coefficient (Wildman–Crippen LogP) is 4.64. The Morgan fingerprint density at radius 3 is 2.26 bits per heavy atom. The summed E-state index contributed by atoms with van der Waals surface area (Å²) in [5.41, 5.74) is 0.544. The monoisotopic (exact) mass is 448 g/mol. The SMILES string of the molecule is O=C(Nc1ccccc1Br)c1cccc(S(=O)(=O)Nc2ccccc2F)c1. The van der Waals surface area contributed by atoms with Gasteiger partial charge < -0.3 is 5.32 Å². The maximum Gasteiger partial charge on any atom is 0.262 e. The largest absolute Gasteiger partial charge is 0.321 e. The fraction of sp³-hybridized carbons (Fsp3) is 0. The molecule has 0 aliphatic heterocycles. The third kappa shape index (κ3) is 4.53. The van der Waals surface area contributed by atoms with Crippen LogP contribution in [-0.4, -0.2) is 14.3 Å². The van der Waals surface area contributed by atoms with E-state index in [9.17, 15) is 17.6 Å². The lowest BCUT2D eigenvalue weighted by Gasteiger charge is -2.11. The molecule has 2 N–H and O–H groups in total. The maximum absolute atomic E-state index is 13.7. The van der Waals surface area contributed by atoms with Crippen molar-refractivity contribution in [2.45, 2.75) is 4.90 Å². The Balaban J connectivity index is 1.85. The number of carbonyl (C=O) groups excluding carboxylic acids is 1. The number of benzene rings is 3. The van der Waals surface area contributed by atoms with E-state index in [4.69, 9.17) is 0 Å². The zero-order chi connectivity index (χ0) is 19.4. The third-order valence-electron chi connectivity index (χ3n) is 3.65. The number of hydrogen-bond acceptors (Lipinski definition) is 3. The highest BCUT2D eigenvalue weighted by Gasteiger charge is 2.18. The van der Waals surface area contributed by atoms with Gasteiger partial charge in [0.15, 0.2) is 0 Å². The van der Waals surface area contributed by atoms with Crippen molar-refractivity contribution in [3.8, 4) is 0 Å². The molecule has 138 valence electrons. The molecule has 3 aromatic rings. The molecule has 0 aliphatic carbocycles. The lowest BCUT2D eigenvalue weighted by Crippen LogP contribution is -2.16. The van der Waals surface area contributed by atoms with Gasteiger partial charge in [-0.15, -0.1) is 0 Å². The molecule has 0 radical (unpaired) electrons. The summed E-state index contributed by atoms with van der Waals surface area (Å²) in [4.78, 5) is 12.3. The van der Waals surface area contributed by atoms with E-state index in [0.717, 1.165) is 6.07 Å². The fourth-order valence-electron chi connectivity index (χ4n) is 2.31. The Morgan fingerprint density at radius 2 is 1.56 bits per heavy atom. The zero-order valence-corrected chi connectivity index (χ0v) is 16.2. The van der Waals surface area contributed by atoms with E-state index < -0.39 is 21.7 Å². The van der Waals surface area contributed by atoms with Crippen LogP contribution in [-0.2, 0) is 10.0 Å². The van der Waals surface area contributed by atoms with Gasteiger partial charge in [-0.3, -0.25) is 9.52 Å². The quantitative estimate of drug-likeness (QED) is 0.596. The van der Waals surface area contributed by atoms with Gasteiger partial charge in [0.05, 0.1) is 16.3 Å². The first-order valence-corrected chi connectivity index (χ1v) is 10.1. The minimum Gasteiger partial charge on any atom is -0.321 e. The van der Waals surface area contributed by atoms with E-state index in [1.807, 2.05) is 0 Å². The maximum atomic E-state index is 13.7. The summed E-state index contributed by atoms with van der Waals surface area (Å²) < 4.78 is 41.7. The van der Waals surface area contributed by atoms with Crippen LogP contribution < -0.4 is 10.0 Å². The number of rotatable bonds is 5. The van der Waals surface area contributed by atoms with Crippen molar-refractivity contribution >= 4 is 43.2 Å².